The predicted molar refractivity (Wildman–Crippen MR) is 169 cm³/mol. The number of hydrogen-bond donors (Lipinski definition) is 2. The van der Waals surface area contributed by atoms with E-state index in [1.807, 2.05) is 99.6 Å². The summed E-state index contributed by atoms with van der Waals surface area (Å²) in [6.45, 7) is 7.35. The first kappa shape index (κ1) is 29.9. The van der Waals surface area contributed by atoms with E-state index in [1.54, 1.807) is 18.2 Å². The third-order valence-corrected chi connectivity index (χ3v) is 6.67. The van der Waals surface area contributed by atoms with Gasteiger partial charge in [0.25, 0.3) is 0 Å². The molecule has 0 amide bonds. The highest BCUT2D eigenvalue weighted by molar-refractivity contribution is 5.80. The Hall–Kier alpha value is -4.59. The van der Waals surface area contributed by atoms with E-state index < -0.39 is 6.10 Å². The van der Waals surface area contributed by atoms with Gasteiger partial charge in [0.2, 0.25) is 0 Å². The second-order valence-corrected chi connectivity index (χ2v) is 11.5. The zero-order valence-corrected chi connectivity index (χ0v) is 24.7. The highest BCUT2D eigenvalue weighted by Crippen LogP contribution is 2.32. The lowest BCUT2D eigenvalue weighted by molar-refractivity contribution is 0.100. The van der Waals surface area contributed by atoms with Crippen molar-refractivity contribution in [1.29, 1.82) is 0 Å². The van der Waals surface area contributed by atoms with Crippen LogP contribution in [0.15, 0.2) is 112 Å². The standard InChI is InChI=1S/C36H37NO6/c1-36(2,3)37-21-28(38)24-42-29-14-15-32-33(39)20-34(43-35(32)19-29)27-16-30(40-22-25-10-6-4-7-11-25)18-31(17-27)41-23-26-12-8-5-9-13-26/h4-20,28,37-38H,21-24H2,1-3H3/t28-/m1/s1. The highest BCUT2D eigenvalue weighted by atomic mass is 16.5. The smallest absolute Gasteiger partial charge is 0.193 e. The number of benzene rings is 4. The van der Waals surface area contributed by atoms with E-state index in [0.717, 1.165) is 11.1 Å². The largest absolute Gasteiger partial charge is 0.491 e. The van der Waals surface area contributed by atoms with Gasteiger partial charge in [-0.1, -0.05) is 60.7 Å². The van der Waals surface area contributed by atoms with Crippen molar-refractivity contribution >= 4 is 11.0 Å². The number of aliphatic hydroxyl groups is 1. The molecule has 0 aliphatic heterocycles. The third kappa shape index (κ3) is 8.70. The zero-order chi connectivity index (χ0) is 30.2. The van der Waals surface area contributed by atoms with Crippen LogP contribution in [0.5, 0.6) is 17.2 Å². The summed E-state index contributed by atoms with van der Waals surface area (Å²) in [5.74, 6) is 2.04. The van der Waals surface area contributed by atoms with Crippen LogP contribution in [0, 0.1) is 0 Å². The molecule has 1 atom stereocenters. The van der Waals surface area contributed by atoms with Gasteiger partial charge in [-0.2, -0.15) is 0 Å². The molecule has 0 unspecified atom stereocenters. The summed E-state index contributed by atoms with van der Waals surface area (Å²) in [7, 11) is 0. The van der Waals surface area contributed by atoms with Crippen molar-refractivity contribution in [3.63, 3.8) is 0 Å². The molecule has 2 N–H and O–H groups in total. The van der Waals surface area contributed by atoms with Crippen molar-refractivity contribution in [3.05, 3.63) is 124 Å². The molecular weight excluding hydrogens is 542 g/mol. The normalized spacial score (nSPS) is 12.2. The number of ether oxygens (including phenoxy) is 3. The lowest BCUT2D eigenvalue weighted by atomic mass is 10.1. The maximum Gasteiger partial charge on any atom is 0.193 e. The summed E-state index contributed by atoms with van der Waals surface area (Å²) in [6.07, 6.45) is -0.693. The number of rotatable bonds is 12. The average Bonchev–Trinajstić information content (AvgIpc) is 3.01. The Morgan fingerprint density at radius 3 is 1.93 bits per heavy atom. The van der Waals surface area contributed by atoms with Crippen LogP contribution in [0.25, 0.3) is 22.3 Å². The summed E-state index contributed by atoms with van der Waals surface area (Å²) in [5, 5.41) is 14.0. The molecule has 5 rings (SSSR count). The van der Waals surface area contributed by atoms with Crippen molar-refractivity contribution in [3.8, 4) is 28.6 Å². The van der Waals surface area contributed by atoms with E-state index in [1.165, 1.54) is 6.07 Å². The summed E-state index contributed by atoms with van der Waals surface area (Å²) < 4.78 is 24.3. The van der Waals surface area contributed by atoms with Crippen LogP contribution in [-0.4, -0.2) is 29.9 Å². The molecule has 0 bridgehead atoms. The second-order valence-electron chi connectivity index (χ2n) is 11.5. The molecule has 0 radical (unpaired) electrons. The first-order valence-electron chi connectivity index (χ1n) is 14.3. The Balaban J connectivity index is 1.40. The van der Waals surface area contributed by atoms with E-state index in [-0.39, 0.29) is 17.6 Å². The molecule has 1 heterocycles. The van der Waals surface area contributed by atoms with E-state index in [2.05, 4.69) is 5.32 Å². The lowest BCUT2D eigenvalue weighted by Gasteiger charge is -2.23. The first-order chi connectivity index (χ1) is 20.7. The van der Waals surface area contributed by atoms with Gasteiger partial charge in [-0.25, -0.2) is 0 Å². The number of nitrogens with one attached hydrogen (secondary N) is 1. The molecule has 0 saturated carbocycles. The van der Waals surface area contributed by atoms with Gasteiger partial charge in [0, 0.05) is 35.8 Å². The fraction of sp³-hybridized carbons (Fsp3) is 0.250. The van der Waals surface area contributed by atoms with Crippen LogP contribution < -0.4 is 25.0 Å². The SMILES string of the molecule is CC(C)(C)NC[C@@H](O)COc1ccc2c(=O)cc(-c3cc(OCc4ccccc4)cc(OCc4ccccc4)c3)oc2c1. The molecule has 1 aromatic heterocycles. The van der Waals surface area contributed by atoms with Gasteiger partial charge < -0.3 is 29.1 Å². The molecule has 5 aromatic rings. The molecule has 0 fully saturated rings. The zero-order valence-electron chi connectivity index (χ0n) is 24.7. The van der Waals surface area contributed by atoms with Crippen molar-refractivity contribution in [2.45, 2.75) is 45.6 Å². The summed E-state index contributed by atoms with van der Waals surface area (Å²) in [4.78, 5) is 13.1. The Kier molecular flexibility index (Phi) is 9.45. The topological polar surface area (TPSA) is 90.2 Å². The van der Waals surface area contributed by atoms with E-state index >= 15 is 0 Å². The van der Waals surface area contributed by atoms with Crippen molar-refractivity contribution < 1.29 is 23.7 Å². The van der Waals surface area contributed by atoms with Crippen molar-refractivity contribution in [2.24, 2.45) is 0 Å². The van der Waals surface area contributed by atoms with Gasteiger partial charge in [-0.05, 0) is 56.2 Å². The molecule has 0 aliphatic rings. The average molecular weight is 580 g/mol. The summed E-state index contributed by atoms with van der Waals surface area (Å²) >= 11 is 0. The minimum Gasteiger partial charge on any atom is -0.491 e. The van der Waals surface area contributed by atoms with Gasteiger partial charge in [-0.15, -0.1) is 0 Å². The maximum absolute atomic E-state index is 13.1. The molecule has 222 valence electrons. The molecule has 7 nitrogen and oxygen atoms in total. The van der Waals surface area contributed by atoms with Crippen LogP contribution in [0.2, 0.25) is 0 Å². The van der Waals surface area contributed by atoms with E-state index in [9.17, 15) is 9.90 Å². The van der Waals surface area contributed by atoms with Gasteiger partial charge in [0.1, 0.15) is 54.5 Å². The van der Waals surface area contributed by atoms with Gasteiger partial charge >= 0.3 is 0 Å². The van der Waals surface area contributed by atoms with Gasteiger partial charge in [0.05, 0.1) is 5.39 Å². The Morgan fingerprint density at radius 2 is 1.35 bits per heavy atom. The number of aliphatic hydroxyl groups excluding tert-OH is 1. The van der Waals surface area contributed by atoms with Crippen LogP contribution in [0.3, 0.4) is 0 Å². The highest BCUT2D eigenvalue weighted by Gasteiger charge is 2.15. The molecule has 0 saturated heterocycles. The van der Waals surface area contributed by atoms with Crippen LogP contribution in [0.1, 0.15) is 31.9 Å². The fourth-order valence-corrected chi connectivity index (χ4v) is 4.41. The number of fused-ring (bicyclic) bond motifs is 1. The third-order valence-electron chi connectivity index (χ3n) is 6.67. The molecule has 0 aliphatic carbocycles. The minimum atomic E-state index is -0.693. The summed E-state index contributed by atoms with van der Waals surface area (Å²) in [5.41, 5.74) is 2.79. The number of β-amino-alcohol motifs (C(OH)–C–C–N with tert-alkyl or cyclic N) is 1. The Labute approximate surface area is 251 Å². The quantitative estimate of drug-likeness (QED) is 0.169. The predicted octanol–water partition coefficient (Wildman–Crippen LogP) is 6.75. The summed E-state index contributed by atoms with van der Waals surface area (Å²) in [6, 6.07) is 31.8. The maximum atomic E-state index is 13.1. The monoisotopic (exact) mass is 579 g/mol. The van der Waals surface area contributed by atoms with Gasteiger partial charge in [0.15, 0.2) is 5.43 Å². The Morgan fingerprint density at radius 1 is 0.744 bits per heavy atom. The lowest BCUT2D eigenvalue weighted by Crippen LogP contribution is -2.42. The van der Waals surface area contributed by atoms with Crippen LogP contribution in [-0.2, 0) is 13.2 Å². The Bertz CT molecular complexity index is 1630. The molecule has 0 spiro atoms. The van der Waals surface area contributed by atoms with Crippen LogP contribution in [0.4, 0.5) is 0 Å². The van der Waals surface area contributed by atoms with Gasteiger partial charge in [-0.3, -0.25) is 4.79 Å². The minimum absolute atomic E-state index is 0.0986. The van der Waals surface area contributed by atoms with E-state index in [4.69, 9.17) is 18.6 Å². The molecule has 43 heavy (non-hydrogen) atoms. The fourth-order valence-electron chi connectivity index (χ4n) is 4.41. The van der Waals surface area contributed by atoms with E-state index in [0.29, 0.717) is 59.3 Å². The first-order valence-corrected chi connectivity index (χ1v) is 14.3. The van der Waals surface area contributed by atoms with Crippen LogP contribution >= 0.6 is 0 Å². The van der Waals surface area contributed by atoms with Crippen molar-refractivity contribution in [2.75, 3.05) is 13.2 Å². The number of hydrogen-bond acceptors (Lipinski definition) is 7. The second kappa shape index (κ2) is 13.6. The molecule has 4 aromatic carbocycles. The van der Waals surface area contributed by atoms with Crippen molar-refractivity contribution in [1.82, 2.24) is 5.32 Å². The molecular formula is C36H37NO6. The molecule has 7 heteroatoms.